The normalized spacial score (nSPS) is 30.9. The molecule has 0 aromatic heterocycles. The van der Waals surface area contributed by atoms with Crippen LogP contribution in [0.4, 0.5) is 0 Å². The van der Waals surface area contributed by atoms with E-state index in [1.54, 1.807) is 0 Å². The second-order valence-corrected chi connectivity index (χ2v) is 2.59. The minimum atomic E-state index is -0.434. The molecule has 9 heavy (non-hydrogen) atoms. The Morgan fingerprint density at radius 1 is 1.78 bits per heavy atom. The molecule has 1 N–H and O–H groups in total. The molecule has 0 amide bonds. The van der Waals surface area contributed by atoms with Gasteiger partial charge in [-0.25, -0.2) is 0 Å². The monoisotopic (exact) mass is 129 g/mol. The fourth-order valence-electron chi connectivity index (χ4n) is 1.12. The zero-order valence-electron chi connectivity index (χ0n) is 5.50. The molecule has 1 unspecified atom stereocenters. The predicted octanol–water partition coefficient (Wildman–Crippen LogP) is -0.748. The Balaban J connectivity index is 2.43. The van der Waals surface area contributed by atoms with E-state index in [1.165, 1.54) is 0 Å². The highest BCUT2D eigenvalue weighted by Crippen LogP contribution is 2.03. The van der Waals surface area contributed by atoms with Gasteiger partial charge >= 0.3 is 0 Å². The van der Waals surface area contributed by atoms with Crippen molar-refractivity contribution in [3.8, 4) is 0 Å². The maximum absolute atomic E-state index is 10.7. The van der Waals surface area contributed by atoms with Gasteiger partial charge in [-0.1, -0.05) is 0 Å². The summed E-state index contributed by atoms with van der Waals surface area (Å²) in [7, 11) is 1.83. The van der Waals surface area contributed by atoms with Crippen LogP contribution in [0.1, 0.15) is 6.42 Å². The molecular weight excluding hydrogens is 118 g/mol. The van der Waals surface area contributed by atoms with Gasteiger partial charge in [-0.3, -0.25) is 9.69 Å². The van der Waals surface area contributed by atoms with Crippen molar-refractivity contribution in [1.29, 1.82) is 0 Å². The lowest BCUT2D eigenvalue weighted by atomic mass is 10.1. The van der Waals surface area contributed by atoms with E-state index in [4.69, 9.17) is 5.11 Å². The number of β-amino-alcohol motifs (C(OH)–C–C–N with tert-alkyl or cyclic N) is 1. The molecule has 0 saturated carbocycles. The summed E-state index contributed by atoms with van der Waals surface area (Å²) in [4.78, 5) is 12.5. The standard InChI is InChI=1S/C6H11NO2/c1-7-3-5(8)2-6(9)4-7/h5,8H,2-4H2,1H3. The van der Waals surface area contributed by atoms with Gasteiger partial charge in [-0.2, -0.15) is 0 Å². The zero-order valence-corrected chi connectivity index (χ0v) is 5.50. The number of rotatable bonds is 0. The summed E-state index contributed by atoms with van der Waals surface area (Å²) < 4.78 is 0. The maximum Gasteiger partial charge on any atom is 0.149 e. The van der Waals surface area contributed by atoms with Gasteiger partial charge in [0.05, 0.1) is 12.6 Å². The fourth-order valence-corrected chi connectivity index (χ4v) is 1.12. The highest BCUT2D eigenvalue weighted by atomic mass is 16.3. The summed E-state index contributed by atoms with van der Waals surface area (Å²) in [6.45, 7) is 1.13. The summed E-state index contributed by atoms with van der Waals surface area (Å²) in [5.74, 6) is 0.135. The first-order chi connectivity index (χ1) is 4.18. The van der Waals surface area contributed by atoms with E-state index in [1.807, 2.05) is 11.9 Å². The van der Waals surface area contributed by atoms with Gasteiger partial charge in [-0.05, 0) is 7.05 Å². The van der Waals surface area contributed by atoms with Gasteiger partial charge in [0.15, 0.2) is 0 Å². The minimum absolute atomic E-state index is 0.135. The lowest BCUT2D eigenvalue weighted by Crippen LogP contribution is -2.40. The summed E-state index contributed by atoms with van der Waals surface area (Å²) >= 11 is 0. The molecule has 0 spiro atoms. The molecule has 0 aromatic rings. The maximum atomic E-state index is 10.7. The SMILES string of the molecule is CN1CC(=O)CC(O)C1. The minimum Gasteiger partial charge on any atom is -0.391 e. The molecule has 0 aliphatic carbocycles. The number of likely N-dealkylation sites (N-methyl/N-ethyl adjacent to an activating group) is 1. The number of hydrogen-bond donors (Lipinski definition) is 1. The summed E-state index contributed by atoms with van der Waals surface area (Å²) in [5.41, 5.74) is 0. The molecule has 0 aromatic carbocycles. The molecule has 1 saturated heterocycles. The molecule has 3 heteroatoms. The van der Waals surface area contributed by atoms with Gasteiger partial charge < -0.3 is 5.11 Å². The van der Waals surface area contributed by atoms with Crippen LogP contribution in [0.2, 0.25) is 0 Å². The molecule has 52 valence electrons. The Bertz CT molecular complexity index is 112. The fraction of sp³-hybridized carbons (Fsp3) is 0.833. The van der Waals surface area contributed by atoms with E-state index in [0.717, 1.165) is 0 Å². The van der Waals surface area contributed by atoms with Gasteiger partial charge in [0.1, 0.15) is 5.78 Å². The number of carbonyl (C=O) groups excluding carboxylic acids is 1. The number of ketones is 1. The Kier molecular flexibility index (Phi) is 1.83. The van der Waals surface area contributed by atoms with Crippen LogP contribution in [-0.2, 0) is 4.79 Å². The Morgan fingerprint density at radius 3 is 2.89 bits per heavy atom. The first-order valence-corrected chi connectivity index (χ1v) is 3.07. The highest BCUT2D eigenvalue weighted by Gasteiger charge is 2.20. The van der Waals surface area contributed by atoms with Crippen molar-refractivity contribution in [2.24, 2.45) is 0 Å². The molecule has 0 bridgehead atoms. The number of piperidine rings is 1. The predicted molar refractivity (Wildman–Crippen MR) is 33.1 cm³/mol. The molecule has 1 fully saturated rings. The van der Waals surface area contributed by atoms with Crippen LogP contribution in [0.5, 0.6) is 0 Å². The highest BCUT2D eigenvalue weighted by molar-refractivity contribution is 5.81. The lowest BCUT2D eigenvalue weighted by Gasteiger charge is -2.24. The molecule has 1 aliphatic heterocycles. The van der Waals surface area contributed by atoms with E-state index in [0.29, 0.717) is 19.5 Å². The van der Waals surface area contributed by atoms with Crippen LogP contribution in [-0.4, -0.2) is 42.0 Å². The number of Topliss-reactive ketones (excluding diaryl/α,β-unsaturated/α-hetero) is 1. The largest absolute Gasteiger partial charge is 0.391 e. The molecule has 0 radical (unpaired) electrons. The number of carbonyl (C=O) groups is 1. The first-order valence-electron chi connectivity index (χ1n) is 3.07. The van der Waals surface area contributed by atoms with Crippen molar-refractivity contribution < 1.29 is 9.90 Å². The van der Waals surface area contributed by atoms with Crippen molar-refractivity contribution in [2.75, 3.05) is 20.1 Å². The zero-order chi connectivity index (χ0) is 6.85. The average Bonchev–Trinajstić information content (AvgIpc) is 1.59. The third-order valence-electron chi connectivity index (χ3n) is 1.43. The van der Waals surface area contributed by atoms with Crippen molar-refractivity contribution >= 4 is 5.78 Å². The third-order valence-corrected chi connectivity index (χ3v) is 1.43. The summed E-state index contributed by atoms with van der Waals surface area (Å²) in [6, 6.07) is 0. The van der Waals surface area contributed by atoms with Gasteiger partial charge in [0.2, 0.25) is 0 Å². The van der Waals surface area contributed by atoms with E-state index >= 15 is 0 Å². The number of nitrogens with zero attached hydrogens (tertiary/aromatic N) is 1. The lowest BCUT2D eigenvalue weighted by molar-refractivity contribution is -0.125. The van der Waals surface area contributed by atoms with Crippen molar-refractivity contribution in [1.82, 2.24) is 4.90 Å². The second-order valence-electron chi connectivity index (χ2n) is 2.59. The summed E-state index contributed by atoms with van der Waals surface area (Å²) in [5, 5.41) is 8.99. The molecule has 1 rings (SSSR count). The molecule has 1 heterocycles. The van der Waals surface area contributed by atoms with Crippen LogP contribution in [0, 0.1) is 0 Å². The van der Waals surface area contributed by atoms with E-state index in [2.05, 4.69) is 0 Å². The Hall–Kier alpha value is -0.410. The van der Waals surface area contributed by atoms with Gasteiger partial charge in [-0.15, -0.1) is 0 Å². The van der Waals surface area contributed by atoms with Crippen molar-refractivity contribution in [2.45, 2.75) is 12.5 Å². The topological polar surface area (TPSA) is 40.5 Å². The smallest absolute Gasteiger partial charge is 0.149 e. The number of likely N-dealkylation sites (tertiary alicyclic amines) is 1. The molecule has 1 aliphatic rings. The van der Waals surface area contributed by atoms with E-state index < -0.39 is 6.10 Å². The van der Waals surface area contributed by atoms with Crippen LogP contribution in [0.15, 0.2) is 0 Å². The third kappa shape index (κ3) is 1.77. The van der Waals surface area contributed by atoms with Crippen LogP contribution in [0.25, 0.3) is 0 Å². The van der Waals surface area contributed by atoms with E-state index in [9.17, 15) is 4.79 Å². The van der Waals surface area contributed by atoms with Gasteiger partial charge in [0, 0.05) is 13.0 Å². The first kappa shape index (κ1) is 6.71. The summed E-state index contributed by atoms with van der Waals surface area (Å²) in [6.07, 6.45) is -0.0964. The van der Waals surface area contributed by atoms with Crippen molar-refractivity contribution in [3.63, 3.8) is 0 Å². The van der Waals surface area contributed by atoms with Crippen LogP contribution in [0.3, 0.4) is 0 Å². The van der Waals surface area contributed by atoms with Gasteiger partial charge in [0.25, 0.3) is 0 Å². The molecule has 3 nitrogen and oxygen atoms in total. The Morgan fingerprint density at radius 2 is 2.44 bits per heavy atom. The number of hydrogen-bond acceptors (Lipinski definition) is 3. The second kappa shape index (κ2) is 2.45. The molecule has 1 atom stereocenters. The van der Waals surface area contributed by atoms with E-state index in [-0.39, 0.29) is 5.78 Å². The number of aliphatic hydroxyl groups excluding tert-OH is 1. The van der Waals surface area contributed by atoms with Crippen LogP contribution >= 0.6 is 0 Å². The average molecular weight is 129 g/mol. The van der Waals surface area contributed by atoms with Crippen LogP contribution < -0.4 is 0 Å². The quantitative estimate of drug-likeness (QED) is 0.468. The number of aliphatic hydroxyl groups is 1. The van der Waals surface area contributed by atoms with Crippen molar-refractivity contribution in [3.05, 3.63) is 0 Å². The Labute approximate surface area is 54.3 Å². The molecular formula is C6H11NO2.